The van der Waals surface area contributed by atoms with E-state index in [1.807, 2.05) is 53.2 Å². The van der Waals surface area contributed by atoms with Gasteiger partial charge in [0.15, 0.2) is 4.96 Å². The Morgan fingerprint density at radius 2 is 1.96 bits per heavy atom. The molecule has 4 aromatic rings. The van der Waals surface area contributed by atoms with Crippen molar-refractivity contribution in [1.82, 2.24) is 9.38 Å². The molecule has 5 nitrogen and oxygen atoms in total. The van der Waals surface area contributed by atoms with Gasteiger partial charge in [-0.2, -0.15) is 0 Å². The number of ether oxygens (including phenoxy) is 1. The minimum Gasteiger partial charge on any atom is -0.488 e. The van der Waals surface area contributed by atoms with E-state index in [2.05, 4.69) is 19.1 Å². The minimum atomic E-state index is -0.836. The van der Waals surface area contributed by atoms with Crippen LogP contribution in [0.1, 0.15) is 22.9 Å². The summed E-state index contributed by atoms with van der Waals surface area (Å²) < 4.78 is 7.99. The molecule has 0 saturated heterocycles. The molecule has 0 aliphatic heterocycles. The fourth-order valence-electron chi connectivity index (χ4n) is 3.06. The molecule has 0 spiro atoms. The smallest absolute Gasteiger partial charge is 0.308 e. The summed E-state index contributed by atoms with van der Waals surface area (Å²) >= 11 is 1.40. The van der Waals surface area contributed by atoms with Crippen molar-refractivity contribution >= 4 is 22.3 Å². The fourth-order valence-corrected chi connectivity index (χ4v) is 4.01. The maximum Gasteiger partial charge on any atom is 0.308 e. The number of aryl methyl sites for hydroxylation is 1. The average molecular weight is 392 g/mol. The zero-order valence-electron chi connectivity index (χ0n) is 15.5. The Hall–Kier alpha value is -3.12. The highest BCUT2D eigenvalue weighted by molar-refractivity contribution is 7.17. The molecular weight excluding hydrogens is 372 g/mol. The molecule has 0 saturated carbocycles. The summed E-state index contributed by atoms with van der Waals surface area (Å²) in [6.45, 7) is 2.61. The standard InChI is InChI=1S/C22H20N2O3S/c1-2-15-8-9-20(27-14-16-6-4-3-5-7-16)18(10-15)19-13-24-12-17(11-21(25)26)28-22(24)23-19/h3-10,12-13H,2,11,14H2,1H3,(H,25,26). The molecule has 0 aliphatic carbocycles. The van der Waals surface area contributed by atoms with Crippen LogP contribution in [-0.4, -0.2) is 20.5 Å². The van der Waals surface area contributed by atoms with Gasteiger partial charge in [0.05, 0.1) is 12.1 Å². The van der Waals surface area contributed by atoms with E-state index in [9.17, 15) is 4.79 Å². The molecule has 0 unspecified atom stereocenters. The van der Waals surface area contributed by atoms with Crippen LogP contribution < -0.4 is 4.74 Å². The quantitative estimate of drug-likeness (QED) is 0.489. The van der Waals surface area contributed by atoms with E-state index in [0.717, 1.165) is 38.8 Å². The number of aromatic nitrogens is 2. The number of hydrogen-bond acceptors (Lipinski definition) is 4. The molecule has 0 fully saturated rings. The molecule has 0 aliphatic rings. The molecule has 2 aromatic carbocycles. The van der Waals surface area contributed by atoms with Crippen LogP contribution in [0.2, 0.25) is 0 Å². The van der Waals surface area contributed by atoms with Crippen LogP contribution >= 0.6 is 11.3 Å². The molecule has 28 heavy (non-hydrogen) atoms. The Morgan fingerprint density at radius 1 is 1.14 bits per heavy atom. The topological polar surface area (TPSA) is 63.8 Å². The number of fused-ring (bicyclic) bond motifs is 1. The second-order valence-electron chi connectivity index (χ2n) is 6.54. The van der Waals surface area contributed by atoms with Gasteiger partial charge in [-0.25, -0.2) is 4.98 Å². The number of benzene rings is 2. The molecule has 0 atom stereocenters. The van der Waals surface area contributed by atoms with E-state index in [4.69, 9.17) is 14.8 Å². The number of aliphatic carboxylic acids is 1. The molecule has 4 rings (SSSR count). The number of rotatable bonds is 7. The molecule has 0 bridgehead atoms. The summed E-state index contributed by atoms with van der Waals surface area (Å²) in [6.07, 6.45) is 4.71. The predicted octanol–water partition coefficient (Wildman–Crippen LogP) is 4.83. The lowest BCUT2D eigenvalue weighted by Gasteiger charge is -2.12. The van der Waals surface area contributed by atoms with Gasteiger partial charge in [0.25, 0.3) is 0 Å². The third-order valence-electron chi connectivity index (χ3n) is 4.49. The van der Waals surface area contributed by atoms with Crippen molar-refractivity contribution in [2.24, 2.45) is 0 Å². The molecule has 2 aromatic heterocycles. The summed E-state index contributed by atoms with van der Waals surface area (Å²) in [4.78, 5) is 17.2. The SMILES string of the molecule is CCc1ccc(OCc2ccccc2)c(-c2cn3cc(CC(=O)O)sc3n2)c1. The number of hydrogen-bond donors (Lipinski definition) is 1. The molecule has 0 amide bonds. The van der Waals surface area contributed by atoms with Gasteiger partial charge in [0, 0.05) is 22.8 Å². The Bertz CT molecular complexity index is 1080. The van der Waals surface area contributed by atoms with Crippen LogP contribution in [0.5, 0.6) is 5.75 Å². The van der Waals surface area contributed by atoms with Crippen molar-refractivity contribution in [1.29, 1.82) is 0 Å². The van der Waals surface area contributed by atoms with Gasteiger partial charge in [-0.3, -0.25) is 9.20 Å². The maximum absolute atomic E-state index is 10.9. The van der Waals surface area contributed by atoms with E-state index in [1.165, 1.54) is 16.9 Å². The lowest BCUT2D eigenvalue weighted by Crippen LogP contribution is -1.98. The molecular formula is C22H20N2O3S. The number of nitrogens with zero attached hydrogens (tertiary/aromatic N) is 2. The van der Waals surface area contributed by atoms with Crippen molar-refractivity contribution in [2.45, 2.75) is 26.4 Å². The number of carboxylic acids is 1. The van der Waals surface area contributed by atoms with Crippen molar-refractivity contribution in [3.05, 3.63) is 76.9 Å². The van der Waals surface area contributed by atoms with Crippen LogP contribution in [0, 0.1) is 0 Å². The van der Waals surface area contributed by atoms with Gasteiger partial charge >= 0.3 is 5.97 Å². The lowest BCUT2D eigenvalue weighted by molar-refractivity contribution is -0.136. The average Bonchev–Trinajstić information content (AvgIpc) is 3.25. The summed E-state index contributed by atoms with van der Waals surface area (Å²) in [7, 11) is 0. The second kappa shape index (κ2) is 7.86. The van der Waals surface area contributed by atoms with E-state index < -0.39 is 5.97 Å². The second-order valence-corrected chi connectivity index (χ2v) is 7.64. The summed E-state index contributed by atoms with van der Waals surface area (Å²) in [5, 5.41) is 8.97. The molecule has 0 radical (unpaired) electrons. The van der Waals surface area contributed by atoms with E-state index in [1.54, 1.807) is 0 Å². The zero-order valence-corrected chi connectivity index (χ0v) is 16.3. The highest BCUT2D eigenvalue weighted by Gasteiger charge is 2.14. The highest BCUT2D eigenvalue weighted by atomic mass is 32.1. The van der Waals surface area contributed by atoms with Crippen LogP contribution in [0.25, 0.3) is 16.2 Å². The van der Waals surface area contributed by atoms with Crippen molar-refractivity contribution in [3.8, 4) is 17.0 Å². The van der Waals surface area contributed by atoms with Gasteiger partial charge in [-0.15, -0.1) is 11.3 Å². The number of imidazole rings is 1. The predicted molar refractivity (Wildman–Crippen MR) is 110 cm³/mol. The Balaban J connectivity index is 1.65. The highest BCUT2D eigenvalue weighted by Crippen LogP contribution is 2.33. The molecule has 6 heteroatoms. The van der Waals surface area contributed by atoms with Gasteiger partial charge < -0.3 is 9.84 Å². The van der Waals surface area contributed by atoms with Gasteiger partial charge in [-0.05, 0) is 29.7 Å². The third-order valence-corrected chi connectivity index (χ3v) is 5.49. The Labute approximate surface area is 166 Å². The van der Waals surface area contributed by atoms with Crippen LogP contribution in [0.15, 0.2) is 60.9 Å². The van der Waals surface area contributed by atoms with Crippen LogP contribution in [-0.2, 0) is 24.2 Å². The van der Waals surface area contributed by atoms with Gasteiger partial charge in [0.1, 0.15) is 12.4 Å². The first-order valence-corrected chi connectivity index (χ1v) is 9.93. The van der Waals surface area contributed by atoms with Gasteiger partial charge in [0.2, 0.25) is 0 Å². The van der Waals surface area contributed by atoms with Crippen molar-refractivity contribution < 1.29 is 14.6 Å². The van der Waals surface area contributed by atoms with E-state index in [0.29, 0.717) is 6.61 Å². The van der Waals surface area contributed by atoms with Crippen molar-refractivity contribution in [2.75, 3.05) is 0 Å². The number of carbonyl (C=O) groups is 1. The molecule has 1 N–H and O–H groups in total. The Morgan fingerprint density at radius 3 is 2.68 bits per heavy atom. The first-order chi connectivity index (χ1) is 13.6. The lowest BCUT2D eigenvalue weighted by atomic mass is 10.1. The number of thiazole rings is 1. The Kier molecular flexibility index (Phi) is 5.12. The van der Waals surface area contributed by atoms with E-state index >= 15 is 0 Å². The fraction of sp³-hybridized carbons (Fsp3) is 0.182. The maximum atomic E-state index is 10.9. The zero-order chi connectivity index (χ0) is 19.5. The largest absolute Gasteiger partial charge is 0.488 e. The summed E-state index contributed by atoms with van der Waals surface area (Å²) in [6, 6.07) is 16.3. The normalized spacial score (nSPS) is 11.0. The van der Waals surface area contributed by atoms with Crippen molar-refractivity contribution in [3.63, 3.8) is 0 Å². The summed E-state index contributed by atoms with van der Waals surface area (Å²) in [5.74, 6) is -0.0467. The van der Waals surface area contributed by atoms with E-state index in [-0.39, 0.29) is 6.42 Å². The van der Waals surface area contributed by atoms with Crippen LogP contribution in [0.4, 0.5) is 0 Å². The third kappa shape index (κ3) is 3.92. The van der Waals surface area contributed by atoms with Crippen LogP contribution in [0.3, 0.4) is 0 Å². The monoisotopic (exact) mass is 392 g/mol. The number of carboxylic acid groups (broad SMARTS) is 1. The minimum absolute atomic E-state index is 0.0140. The van der Waals surface area contributed by atoms with Gasteiger partial charge in [-0.1, -0.05) is 43.3 Å². The molecule has 2 heterocycles. The first kappa shape index (κ1) is 18.3. The summed E-state index contributed by atoms with van der Waals surface area (Å²) in [5.41, 5.74) is 4.10. The molecule has 142 valence electrons. The first-order valence-electron chi connectivity index (χ1n) is 9.11.